The number of hydrogen-bond donors (Lipinski definition) is 3. The first kappa shape index (κ1) is 22.9. The molecule has 0 aromatic heterocycles. The Morgan fingerprint density at radius 2 is 1.40 bits per heavy atom. The van der Waals surface area contributed by atoms with Gasteiger partial charge in [-0.25, -0.2) is 9.18 Å². The summed E-state index contributed by atoms with van der Waals surface area (Å²) in [5, 5.41) is 5.64. The Morgan fingerprint density at radius 1 is 0.833 bits per heavy atom. The maximum atomic E-state index is 13.0. The monoisotopic (exact) mass is 447 g/mol. The lowest BCUT2D eigenvalue weighted by Gasteiger charge is -2.08. The molecule has 4 N–H and O–H groups in total. The zero-order valence-electron chi connectivity index (χ0n) is 15.4. The zero-order valence-corrected chi connectivity index (χ0v) is 16.9. The quantitative estimate of drug-likeness (QED) is 0.354. The van der Waals surface area contributed by atoms with E-state index in [4.69, 9.17) is 28.9 Å². The number of benzene rings is 3. The average molecular weight is 448 g/mol. The fraction of sp³-hybridized carbons (Fsp3) is 0. The Bertz CT molecular complexity index is 1080. The molecule has 2 amide bonds. The third-order valence-corrected chi connectivity index (χ3v) is 4.27. The van der Waals surface area contributed by atoms with Crippen molar-refractivity contribution < 1.29 is 18.8 Å². The van der Waals surface area contributed by atoms with Crippen LogP contribution in [0.4, 0.5) is 26.2 Å². The van der Waals surface area contributed by atoms with E-state index in [1.54, 1.807) is 30.3 Å². The molecule has 0 radical (unpaired) electrons. The molecule has 3 aromatic carbocycles. The van der Waals surface area contributed by atoms with Crippen molar-refractivity contribution in [3.05, 3.63) is 87.7 Å². The average Bonchev–Trinajstić information content (AvgIpc) is 2.68. The Balaban J connectivity index is 0.000000269. The van der Waals surface area contributed by atoms with Crippen molar-refractivity contribution in [2.75, 3.05) is 16.4 Å². The summed E-state index contributed by atoms with van der Waals surface area (Å²) in [5.41, 5.74) is 7.51. The number of aldehydes is 2. The molecule has 9 heteroatoms. The summed E-state index contributed by atoms with van der Waals surface area (Å²) in [4.78, 5) is 32.5. The Hall–Kier alpha value is -3.42. The van der Waals surface area contributed by atoms with Crippen LogP contribution in [-0.2, 0) is 0 Å². The van der Waals surface area contributed by atoms with Gasteiger partial charge in [0, 0.05) is 28.2 Å². The highest BCUT2D eigenvalue weighted by molar-refractivity contribution is 6.33. The molecule has 0 heterocycles. The van der Waals surface area contributed by atoms with E-state index >= 15 is 0 Å². The number of nitrogen functional groups attached to an aromatic ring is 1. The minimum absolute atomic E-state index is 0.239. The maximum Gasteiger partial charge on any atom is 0.323 e. The fourth-order valence-corrected chi connectivity index (χ4v) is 2.66. The molecule has 30 heavy (non-hydrogen) atoms. The minimum atomic E-state index is -0.537. The van der Waals surface area contributed by atoms with E-state index in [-0.39, 0.29) is 5.02 Å². The highest BCUT2D eigenvalue weighted by Gasteiger charge is 2.06. The van der Waals surface area contributed by atoms with Crippen LogP contribution in [0.25, 0.3) is 0 Å². The van der Waals surface area contributed by atoms with Crippen LogP contribution in [-0.4, -0.2) is 18.6 Å². The molecule has 3 aromatic rings. The summed E-state index contributed by atoms with van der Waals surface area (Å²) >= 11 is 11.5. The normalized spacial score (nSPS) is 9.70. The SMILES string of the molecule is Nc1ccc(C=O)c(Cl)c1.O=Cc1ccc(NC(=O)Nc2cccc(F)c2)cc1Cl. The molecule has 0 unspecified atom stereocenters. The Morgan fingerprint density at radius 3 is 1.93 bits per heavy atom. The molecule has 0 fully saturated rings. The number of amides is 2. The van der Waals surface area contributed by atoms with Gasteiger partial charge in [-0.05, 0) is 54.6 Å². The Kier molecular flexibility index (Phi) is 8.34. The van der Waals surface area contributed by atoms with Gasteiger partial charge in [0.1, 0.15) is 5.82 Å². The van der Waals surface area contributed by atoms with Crippen LogP contribution in [0.5, 0.6) is 0 Å². The molecule has 0 saturated carbocycles. The van der Waals surface area contributed by atoms with Gasteiger partial charge in [-0.3, -0.25) is 9.59 Å². The number of hydrogen-bond acceptors (Lipinski definition) is 4. The topological polar surface area (TPSA) is 101 Å². The number of carbonyl (C=O) groups excluding carboxylic acids is 3. The van der Waals surface area contributed by atoms with Crippen molar-refractivity contribution in [2.45, 2.75) is 0 Å². The van der Waals surface area contributed by atoms with Gasteiger partial charge in [-0.15, -0.1) is 0 Å². The van der Waals surface area contributed by atoms with E-state index in [0.29, 0.717) is 45.8 Å². The third-order valence-electron chi connectivity index (χ3n) is 3.62. The molecule has 0 bridgehead atoms. The lowest BCUT2D eigenvalue weighted by Crippen LogP contribution is -2.19. The van der Waals surface area contributed by atoms with Crippen LogP contribution in [0.15, 0.2) is 60.7 Å². The van der Waals surface area contributed by atoms with Crippen molar-refractivity contribution in [1.29, 1.82) is 0 Å². The van der Waals surface area contributed by atoms with Gasteiger partial charge in [-0.1, -0.05) is 29.3 Å². The van der Waals surface area contributed by atoms with Crippen molar-refractivity contribution in [3.8, 4) is 0 Å². The molecular weight excluding hydrogens is 432 g/mol. The number of nitrogens with one attached hydrogen (secondary N) is 2. The molecular formula is C21H16Cl2FN3O3. The first-order valence-corrected chi connectivity index (χ1v) is 9.16. The van der Waals surface area contributed by atoms with E-state index in [2.05, 4.69) is 10.6 Å². The van der Waals surface area contributed by atoms with Crippen molar-refractivity contribution in [2.24, 2.45) is 0 Å². The van der Waals surface area contributed by atoms with E-state index in [1.807, 2.05) is 0 Å². The fourth-order valence-electron chi connectivity index (χ4n) is 2.20. The second kappa shape index (κ2) is 10.9. The number of urea groups is 1. The third kappa shape index (κ3) is 6.88. The molecule has 0 spiro atoms. The molecule has 0 atom stereocenters. The second-order valence-corrected chi connectivity index (χ2v) is 6.66. The predicted molar refractivity (Wildman–Crippen MR) is 117 cm³/mol. The van der Waals surface area contributed by atoms with E-state index in [0.717, 1.165) is 0 Å². The van der Waals surface area contributed by atoms with Gasteiger partial charge in [0.25, 0.3) is 0 Å². The molecule has 0 aliphatic rings. The van der Waals surface area contributed by atoms with Gasteiger partial charge in [-0.2, -0.15) is 0 Å². The first-order valence-electron chi connectivity index (χ1n) is 8.41. The summed E-state index contributed by atoms with van der Waals surface area (Å²) < 4.78 is 13.0. The van der Waals surface area contributed by atoms with E-state index < -0.39 is 11.8 Å². The van der Waals surface area contributed by atoms with Gasteiger partial charge in [0.15, 0.2) is 12.6 Å². The van der Waals surface area contributed by atoms with Gasteiger partial charge in [0.05, 0.1) is 10.0 Å². The second-order valence-electron chi connectivity index (χ2n) is 5.84. The minimum Gasteiger partial charge on any atom is -0.399 e. The number of rotatable bonds is 4. The molecule has 0 aliphatic carbocycles. The molecule has 0 aliphatic heterocycles. The molecule has 0 saturated heterocycles. The van der Waals surface area contributed by atoms with Crippen LogP contribution in [0, 0.1) is 5.82 Å². The first-order chi connectivity index (χ1) is 14.3. The summed E-state index contributed by atoms with van der Waals surface area (Å²) in [6.45, 7) is 0. The summed E-state index contributed by atoms with van der Waals surface area (Å²) in [7, 11) is 0. The maximum absolute atomic E-state index is 13.0. The molecule has 154 valence electrons. The number of nitrogens with two attached hydrogens (primary N) is 1. The van der Waals surface area contributed by atoms with Crippen molar-refractivity contribution in [3.63, 3.8) is 0 Å². The predicted octanol–water partition coefficient (Wildman–Crippen LogP) is 5.67. The van der Waals surface area contributed by atoms with Crippen LogP contribution in [0.1, 0.15) is 20.7 Å². The van der Waals surface area contributed by atoms with Crippen molar-refractivity contribution >= 4 is 58.9 Å². The number of halogens is 3. The van der Waals surface area contributed by atoms with Gasteiger partial charge in [0.2, 0.25) is 0 Å². The molecule has 3 rings (SSSR count). The smallest absolute Gasteiger partial charge is 0.323 e. The largest absolute Gasteiger partial charge is 0.399 e. The van der Waals surface area contributed by atoms with Crippen molar-refractivity contribution in [1.82, 2.24) is 0 Å². The van der Waals surface area contributed by atoms with Crippen LogP contribution >= 0.6 is 23.2 Å². The number of carbonyl (C=O) groups is 3. The number of anilines is 3. The summed E-state index contributed by atoms with van der Waals surface area (Å²) in [6, 6.07) is 14.2. The molecule has 6 nitrogen and oxygen atoms in total. The summed E-state index contributed by atoms with van der Waals surface area (Å²) in [6.07, 6.45) is 1.32. The van der Waals surface area contributed by atoms with E-state index in [9.17, 15) is 18.8 Å². The van der Waals surface area contributed by atoms with Gasteiger partial charge >= 0.3 is 6.03 Å². The lowest BCUT2D eigenvalue weighted by atomic mass is 10.2. The standard InChI is InChI=1S/C14H10ClFN2O2.C7H6ClNO/c15-13-7-12(5-4-9(13)8-19)18-14(20)17-11-3-1-2-10(16)6-11;8-7-3-6(9)2-1-5(7)4-10/h1-8H,(H2,17,18,20);1-4H,9H2. The van der Waals surface area contributed by atoms with E-state index in [1.165, 1.54) is 30.3 Å². The van der Waals surface area contributed by atoms with Crippen LogP contribution < -0.4 is 16.4 Å². The lowest BCUT2D eigenvalue weighted by molar-refractivity contribution is 0.111. The van der Waals surface area contributed by atoms with Crippen LogP contribution in [0.2, 0.25) is 10.0 Å². The highest BCUT2D eigenvalue weighted by Crippen LogP contribution is 2.20. The highest BCUT2D eigenvalue weighted by atomic mass is 35.5. The van der Waals surface area contributed by atoms with Crippen LogP contribution in [0.3, 0.4) is 0 Å². The summed E-state index contributed by atoms with van der Waals surface area (Å²) in [5.74, 6) is -0.443. The van der Waals surface area contributed by atoms with Gasteiger partial charge < -0.3 is 16.4 Å². The Labute approximate surface area is 181 Å². The zero-order chi connectivity index (χ0) is 22.1.